The maximum atomic E-state index is 13.0. The molecule has 1 fully saturated rings. The molecule has 2 amide bonds. The molecule has 0 N–H and O–H groups in total. The third-order valence-corrected chi connectivity index (χ3v) is 5.14. The van der Waals surface area contributed by atoms with Gasteiger partial charge in [-0.3, -0.25) is 9.59 Å². The van der Waals surface area contributed by atoms with Gasteiger partial charge in [0.2, 0.25) is 11.5 Å². The van der Waals surface area contributed by atoms with Gasteiger partial charge in [0, 0.05) is 17.0 Å². The summed E-state index contributed by atoms with van der Waals surface area (Å²) in [5.74, 6) is -0.715. The van der Waals surface area contributed by atoms with Crippen LogP contribution in [-0.4, -0.2) is 23.1 Å². The van der Waals surface area contributed by atoms with E-state index in [1.54, 1.807) is 30.3 Å². The molecule has 2 heterocycles. The highest BCUT2D eigenvalue weighted by molar-refractivity contribution is 6.37. The van der Waals surface area contributed by atoms with Gasteiger partial charge in [-0.1, -0.05) is 52.1 Å². The molecule has 2 aromatic carbocycles. The lowest BCUT2D eigenvalue weighted by molar-refractivity contribution is -0.136. The first-order chi connectivity index (χ1) is 12.4. The number of hydrogen-bond donors (Lipinski definition) is 0. The van der Waals surface area contributed by atoms with Gasteiger partial charge < -0.3 is 4.84 Å². The zero-order valence-electron chi connectivity index (χ0n) is 13.8. The first kappa shape index (κ1) is 17.1. The minimum absolute atomic E-state index is 0.0576. The fourth-order valence-corrected chi connectivity index (χ4v) is 3.74. The second-order valence-corrected chi connectivity index (χ2v) is 7.31. The third kappa shape index (κ3) is 2.68. The first-order valence-corrected chi connectivity index (χ1v) is 8.80. The predicted molar refractivity (Wildman–Crippen MR) is 99.7 cm³/mol. The molecule has 0 unspecified atom stereocenters. The number of benzene rings is 2. The van der Waals surface area contributed by atoms with Gasteiger partial charge >= 0.3 is 0 Å². The van der Waals surface area contributed by atoms with Crippen molar-refractivity contribution in [3.63, 3.8) is 0 Å². The largest absolute Gasteiger partial charge is 0.378 e. The summed E-state index contributed by atoms with van der Waals surface area (Å²) >= 11 is 12.1. The Labute approximate surface area is 160 Å². The van der Waals surface area contributed by atoms with Gasteiger partial charge in [0.15, 0.2) is 0 Å². The summed E-state index contributed by atoms with van der Waals surface area (Å²) in [7, 11) is 0. The normalized spacial score (nSPS) is 22.1. The van der Waals surface area contributed by atoms with Crippen LogP contribution in [0.4, 0.5) is 5.69 Å². The van der Waals surface area contributed by atoms with Crippen molar-refractivity contribution in [3.8, 4) is 0 Å². The fraction of sp³-hybridized carbons (Fsp3) is 0.211. The van der Waals surface area contributed by atoms with Crippen molar-refractivity contribution >= 4 is 46.4 Å². The van der Waals surface area contributed by atoms with Crippen molar-refractivity contribution < 1.29 is 14.4 Å². The summed E-state index contributed by atoms with van der Waals surface area (Å²) in [6, 6.07) is 12.2. The topological polar surface area (TPSA) is 59.0 Å². The van der Waals surface area contributed by atoms with E-state index in [4.69, 9.17) is 28.0 Å². The Kier molecular flexibility index (Phi) is 4.01. The standard InChI is InChI=1S/C19H14Cl2N2O3/c1-11-2-5-13(6-3-11)23-17(24)10-19(18(23)25)9-16(22-26-19)14-7-4-12(20)8-15(14)21/h2-8H,9-10H2,1H3/t19-/m0/s1. The molecular formula is C19H14Cl2N2O3. The lowest BCUT2D eigenvalue weighted by Gasteiger charge is -2.19. The van der Waals surface area contributed by atoms with Crippen molar-refractivity contribution in [2.75, 3.05) is 4.90 Å². The van der Waals surface area contributed by atoms with E-state index in [1.807, 2.05) is 19.1 Å². The van der Waals surface area contributed by atoms with Crippen LogP contribution in [0.2, 0.25) is 10.0 Å². The molecule has 0 radical (unpaired) electrons. The number of nitrogens with zero attached hydrogens (tertiary/aromatic N) is 2. The van der Waals surface area contributed by atoms with Crippen LogP contribution in [0.3, 0.4) is 0 Å². The van der Waals surface area contributed by atoms with Crippen LogP contribution in [0.25, 0.3) is 0 Å². The van der Waals surface area contributed by atoms with Crippen LogP contribution in [-0.2, 0) is 14.4 Å². The second kappa shape index (κ2) is 6.11. The Hall–Kier alpha value is -2.37. The highest BCUT2D eigenvalue weighted by Crippen LogP contribution is 2.40. The molecule has 0 aromatic heterocycles. The van der Waals surface area contributed by atoms with E-state index in [-0.39, 0.29) is 18.7 Å². The number of hydrogen-bond acceptors (Lipinski definition) is 4. The van der Waals surface area contributed by atoms with Gasteiger partial charge in [0.25, 0.3) is 5.91 Å². The number of carbonyl (C=O) groups excluding carboxylic acids is 2. The van der Waals surface area contributed by atoms with E-state index >= 15 is 0 Å². The summed E-state index contributed by atoms with van der Waals surface area (Å²) < 4.78 is 0. The predicted octanol–water partition coefficient (Wildman–Crippen LogP) is 4.13. The molecule has 5 nitrogen and oxygen atoms in total. The van der Waals surface area contributed by atoms with Crippen LogP contribution in [0.15, 0.2) is 47.6 Å². The average Bonchev–Trinajstić information content (AvgIpc) is 3.11. The average molecular weight is 389 g/mol. The molecule has 7 heteroatoms. The molecule has 0 saturated carbocycles. The molecular weight excluding hydrogens is 375 g/mol. The quantitative estimate of drug-likeness (QED) is 0.726. The summed E-state index contributed by atoms with van der Waals surface area (Å²) in [6.45, 7) is 1.94. The molecule has 0 bridgehead atoms. The van der Waals surface area contributed by atoms with Crippen molar-refractivity contribution in [2.45, 2.75) is 25.4 Å². The number of rotatable bonds is 2. The Bertz CT molecular complexity index is 956. The summed E-state index contributed by atoms with van der Waals surface area (Å²) in [5, 5.41) is 4.97. The molecule has 26 heavy (non-hydrogen) atoms. The van der Waals surface area contributed by atoms with E-state index in [0.717, 1.165) is 5.56 Å². The van der Waals surface area contributed by atoms with Crippen molar-refractivity contribution in [1.82, 2.24) is 0 Å². The third-order valence-electron chi connectivity index (χ3n) is 4.60. The molecule has 1 saturated heterocycles. The van der Waals surface area contributed by atoms with Gasteiger partial charge in [0.05, 0.1) is 22.8 Å². The van der Waals surface area contributed by atoms with Crippen molar-refractivity contribution in [1.29, 1.82) is 0 Å². The zero-order chi connectivity index (χ0) is 18.5. The Balaban J connectivity index is 1.62. The van der Waals surface area contributed by atoms with Crippen LogP contribution < -0.4 is 4.90 Å². The zero-order valence-corrected chi connectivity index (χ0v) is 15.3. The van der Waals surface area contributed by atoms with Gasteiger partial charge in [-0.25, -0.2) is 4.90 Å². The van der Waals surface area contributed by atoms with E-state index in [9.17, 15) is 9.59 Å². The van der Waals surface area contributed by atoms with E-state index in [2.05, 4.69) is 5.16 Å². The Morgan fingerprint density at radius 3 is 2.50 bits per heavy atom. The monoisotopic (exact) mass is 388 g/mol. The number of carbonyl (C=O) groups is 2. The SMILES string of the molecule is Cc1ccc(N2C(=O)C[C@@]3(CC(c4ccc(Cl)cc4Cl)=NO3)C2=O)cc1. The number of oxime groups is 1. The fourth-order valence-electron chi connectivity index (χ4n) is 3.23. The highest BCUT2D eigenvalue weighted by atomic mass is 35.5. The van der Waals surface area contributed by atoms with Gasteiger partial charge in [-0.15, -0.1) is 0 Å². The highest BCUT2D eigenvalue weighted by Gasteiger charge is 2.58. The Morgan fingerprint density at radius 1 is 1.08 bits per heavy atom. The number of imide groups is 1. The number of aryl methyl sites for hydroxylation is 1. The van der Waals surface area contributed by atoms with E-state index in [0.29, 0.717) is 27.0 Å². The van der Waals surface area contributed by atoms with Crippen LogP contribution in [0.5, 0.6) is 0 Å². The molecule has 4 rings (SSSR count). The van der Waals surface area contributed by atoms with Crippen LogP contribution in [0.1, 0.15) is 24.0 Å². The number of amides is 2. The first-order valence-electron chi connectivity index (χ1n) is 8.04. The Morgan fingerprint density at radius 2 is 1.81 bits per heavy atom. The van der Waals surface area contributed by atoms with E-state index < -0.39 is 11.5 Å². The lowest BCUT2D eigenvalue weighted by atomic mass is 9.92. The van der Waals surface area contributed by atoms with Gasteiger partial charge in [-0.05, 0) is 31.2 Å². The molecule has 2 aromatic rings. The molecule has 2 aliphatic heterocycles. The van der Waals surface area contributed by atoms with Crippen molar-refractivity contribution in [2.24, 2.45) is 5.16 Å². The molecule has 1 atom stereocenters. The smallest absolute Gasteiger partial charge is 0.281 e. The minimum atomic E-state index is -1.31. The van der Waals surface area contributed by atoms with Crippen LogP contribution >= 0.6 is 23.2 Å². The maximum absolute atomic E-state index is 13.0. The van der Waals surface area contributed by atoms with Crippen molar-refractivity contribution in [3.05, 3.63) is 63.6 Å². The van der Waals surface area contributed by atoms with Gasteiger partial charge in [0.1, 0.15) is 0 Å². The van der Waals surface area contributed by atoms with Gasteiger partial charge in [-0.2, -0.15) is 0 Å². The summed E-state index contributed by atoms with van der Waals surface area (Å²) in [5.41, 5.74) is 1.44. The molecule has 1 spiro atoms. The molecule has 2 aliphatic rings. The lowest BCUT2D eigenvalue weighted by Crippen LogP contribution is -2.40. The summed E-state index contributed by atoms with van der Waals surface area (Å²) in [4.78, 5) is 32.2. The van der Waals surface area contributed by atoms with E-state index in [1.165, 1.54) is 4.90 Å². The molecule has 132 valence electrons. The number of halogens is 2. The second-order valence-electron chi connectivity index (χ2n) is 6.47. The minimum Gasteiger partial charge on any atom is -0.378 e. The van der Waals surface area contributed by atoms with Crippen LogP contribution in [0, 0.1) is 6.92 Å². The number of anilines is 1. The molecule has 0 aliphatic carbocycles. The summed E-state index contributed by atoms with van der Waals surface area (Å²) in [6.07, 6.45) is 0.124. The maximum Gasteiger partial charge on any atom is 0.281 e.